The second-order valence-electron chi connectivity index (χ2n) is 4.87. The number of hydrogen-bond donors (Lipinski definition) is 1. The topological polar surface area (TPSA) is 66.0 Å². The summed E-state index contributed by atoms with van der Waals surface area (Å²) in [6.45, 7) is 3.91. The maximum Gasteiger partial charge on any atom is 0.336 e. The van der Waals surface area contributed by atoms with Gasteiger partial charge in [0.1, 0.15) is 0 Å². The molecule has 0 amide bonds. The Bertz CT molecular complexity index is 717. The van der Waals surface area contributed by atoms with E-state index in [-0.39, 0.29) is 6.10 Å². The molecule has 0 saturated heterocycles. The van der Waals surface area contributed by atoms with Gasteiger partial charge in [-0.25, -0.2) is 4.68 Å². The van der Waals surface area contributed by atoms with Crippen molar-refractivity contribution in [2.24, 2.45) is 0 Å². The highest BCUT2D eigenvalue weighted by Crippen LogP contribution is 2.27. The number of aromatic nitrogens is 3. The molecule has 0 aliphatic rings. The standard InChI is InChI=1S/C15H16N4OS/c1-10(2)20-15-17-14(13-4-3-9-21-13)19(18-15)12-7-5-11(16)6-8-12/h3-10H,16H2,1-2H3. The lowest BCUT2D eigenvalue weighted by molar-refractivity contribution is 0.222. The monoisotopic (exact) mass is 300 g/mol. The highest BCUT2D eigenvalue weighted by atomic mass is 32.1. The third-order valence-electron chi connectivity index (χ3n) is 2.81. The molecule has 0 unspecified atom stereocenters. The average Bonchev–Trinajstić information content (AvgIpc) is 3.07. The molecule has 0 spiro atoms. The minimum absolute atomic E-state index is 0.0310. The fraction of sp³-hybridized carbons (Fsp3) is 0.200. The molecule has 0 atom stereocenters. The molecule has 2 N–H and O–H groups in total. The van der Waals surface area contributed by atoms with E-state index >= 15 is 0 Å². The van der Waals surface area contributed by atoms with Crippen LogP contribution in [-0.2, 0) is 0 Å². The third-order valence-corrected chi connectivity index (χ3v) is 3.67. The van der Waals surface area contributed by atoms with Crippen LogP contribution in [0, 0.1) is 0 Å². The molecule has 0 aliphatic carbocycles. The minimum Gasteiger partial charge on any atom is -0.460 e. The van der Waals surface area contributed by atoms with Crippen molar-refractivity contribution in [1.82, 2.24) is 14.8 Å². The van der Waals surface area contributed by atoms with Gasteiger partial charge in [0.2, 0.25) is 0 Å². The van der Waals surface area contributed by atoms with Gasteiger partial charge in [-0.2, -0.15) is 4.98 Å². The molecule has 3 rings (SSSR count). The predicted molar refractivity (Wildman–Crippen MR) is 84.8 cm³/mol. The zero-order valence-corrected chi connectivity index (χ0v) is 12.7. The first-order valence-corrected chi connectivity index (χ1v) is 7.55. The van der Waals surface area contributed by atoms with Crippen LogP contribution in [0.25, 0.3) is 16.4 Å². The van der Waals surface area contributed by atoms with Gasteiger partial charge in [0, 0.05) is 5.69 Å². The molecule has 0 fully saturated rings. The Balaban J connectivity index is 2.08. The highest BCUT2D eigenvalue weighted by Gasteiger charge is 2.16. The second kappa shape index (κ2) is 5.57. The van der Waals surface area contributed by atoms with E-state index in [9.17, 15) is 0 Å². The van der Waals surface area contributed by atoms with Crippen LogP contribution in [0.1, 0.15) is 13.8 Å². The fourth-order valence-electron chi connectivity index (χ4n) is 1.91. The Morgan fingerprint density at radius 2 is 1.95 bits per heavy atom. The zero-order valence-electron chi connectivity index (χ0n) is 11.9. The minimum atomic E-state index is 0.0310. The third kappa shape index (κ3) is 2.90. The van der Waals surface area contributed by atoms with Crippen LogP contribution in [0.2, 0.25) is 0 Å². The lowest BCUT2D eigenvalue weighted by Crippen LogP contribution is -2.07. The predicted octanol–water partition coefficient (Wildman–Crippen LogP) is 3.37. The fourth-order valence-corrected chi connectivity index (χ4v) is 2.61. The van der Waals surface area contributed by atoms with Gasteiger partial charge in [0.05, 0.1) is 16.7 Å². The van der Waals surface area contributed by atoms with Gasteiger partial charge in [0.25, 0.3) is 0 Å². The van der Waals surface area contributed by atoms with Gasteiger partial charge in [-0.05, 0) is 49.6 Å². The van der Waals surface area contributed by atoms with E-state index in [1.165, 1.54) is 0 Å². The van der Waals surface area contributed by atoms with Crippen molar-refractivity contribution < 1.29 is 4.74 Å². The van der Waals surface area contributed by atoms with Crippen LogP contribution in [0.15, 0.2) is 41.8 Å². The number of nitrogen functional groups attached to an aromatic ring is 1. The first-order valence-electron chi connectivity index (χ1n) is 6.67. The number of anilines is 1. The normalized spacial score (nSPS) is 11.0. The van der Waals surface area contributed by atoms with E-state index < -0.39 is 0 Å². The summed E-state index contributed by atoms with van der Waals surface area (Å²) in [6, 6.07) is 11.9. The molecule has 2 aromatic heterocycles. The summed E-state index contributed by atoms with van der Waals surface area (Å²) in [4.78, 5) is 5.54. The van der Waals surface area contributed by atoms with E-state index in [2.05, 4.69) is 10.1 Å². The molecule has 21 heavy (non-hydrogen) atoms. The maximum atomic E-state index is 5.74. The summed E-state index contributed by atoms with van der Waals surface area (Å²) < 4.78 is 7.40. The van der Waals surface area contributed by atoms with Crippen molar-refractivity contribution >= 4 is 17.0 Å². The summed E-state index contributed by atoms with van der Waals surface area (Å²) in [5, 5.41) is 6.47. The van der Waals surface area contributed by atoms with E-state index in [1.807, 2.05) is 55.6 Å². The number of thiophene rings is 1. The summed E-state index contributed by atoms with van der Waals surface area (Å²) in [5.41, 5.74) is 7.36. The van der Waals surface area contributed by atoms with Crippen molar-refractivity contribution in [3.05, 3.63) is 41.8 Å². The molecular formula is C15H16N4OS. The molecular weight excluding hydrogens is 284 g/mol. The zero-order chi connectivity index (χ0) is 14.8. The Labute approximate surface area is 127 Å². The molecule has 0 saturated carbocycles. The number of benzene rings is 1. The summed E-state index contributed by atoms with van der Waals surface area (Å²) in [7, 11) is 0. The van der Waals surface area contributed by atoms with E-state index in [1.54, 1.807) is 16.0 Å². The molecule has 2 heterocycles. The summed E-state index contributed by atoms with van der Waals surface area (Å²) in [5.74, 6) is 0.769. The van der Waals surface area contributed by atoms with Crippen molar-refractivity contribution in [2.45, 2.75) is 20.0 Å². The van der Waals surface area contributed by atoms with Crippen molar-refractivity contribution in [1.29, 1.82) is 0 Å². The number of nitrogens with two attached hydrogens (primary N) is 1. The maximum absolute atomic E-state index is 5.74. The van der Waals surface area contributed by atoms with Gasteiger partial charge >= 0.3 is 6.01 Å². The summed E-state index contributed by atoms with van der Waals surface area (Å²) in [6.07, 6.45) is 0.0310. The quantitative estimate of drug-likeness (QED) is 0.750. The van der Waals surface area contributed by atoms with Crippen molar-refractivity contribution in [3.8, 4) is 22.4 Å². The number of rotatable bonds is 4. The Kier molecular flexibility index (Phi) is 3.62. The number of ether oxygens (including phenoxy) is 1. The SMILES string of the molecule is CC(C)Oc1nc(-c2cccs2)n(-c2ccc(N)cc2)n1. The lowest BCUT2D eigenvalue weighted by atomic mass is 10.3. The molecule has 3 aromatic rings. The Morgan fingerprint density at radius 1 is 1.19 bits per heavy atom. The molecule has 0 bridgehead atoms. The van der Waals surface area contributed by atoms with Crippen molar-refractivity contribution in [2.75, 3.05) is 5.73 Å². The van der Waals surface area contributed by atoms with Gasteiger partial charge in [-0.1, -0.05) is 6.07 Å². The molecule has 108 valence electrons. The number of nitrogens with zero attached hydrogens (tertiary/aromatic N) is 3. The average molecular weight is 300 g/mol. The van der Waals surface area contributed by atoms with Crippen molar-refractivity contribution in [3.63, 3.8) is 0 Å². The van der Waals surface area contributed by atoms with Gasteiger partial charge in [-0.3, -0.25) is 0 Å². The van der Waals surface area contributed by atoms with Crippen LogP contribution in [0.3, 0.4) is 0 Å². The van der Waals surface area contributed by atoms with Gasteiger partial charge in [0.15, 0.2) is 5.82 Å². The van der Waals surface area contributed by atoms with Gasteiger partial charge in [-0.15, -0.1) is 16.4 Å². The highest BCUT2D eigenvalue weighted by molar-refractivity contribution is 7.13. The Morgan fingerprint density at radius 3 is 2.57 bits per heavy atom. The smallest absolute Gasteiger partial charge is 0.336 e. The Hall–Kier alpha value is -2.34. The lowest BCUT2D eigenvalue weighted by Gasteiger charge is -2.04. The van der Waals surface area contributed by atoms with Crippen LogP contribution in [-0.4, -0.2) is 20.9 Å². The number of hydrogen-bond acceptors (Lipinski definition) is 5. The largest absolute Gasteiger partial charge is 0.460 e. The molecule has 1 aromatic carbocycles. The van der Waals surface area contributed by atoms with E-state index in [0.717, 1.165) is 22.1 Å². The van der Waals surface area contributed by atoms with Crippen LogP contribution in [0.4, 0.5) is 5.69 Å². The van der Waals surface area contributed by atoms with Crippen LogP contribution >= 0.6 is 11.3 Å². The van der Waals surface area contributed by atoms with Gasteiger partial charge < -0.3 is 10.5 Å². The second-order valence-corrected chi connectivity index (χ2v) is 5.81. The molecule has 6 heteroatoms. The first-order chi connectivity index (χ1) is 10.1. The first kappa shape index (κ1) is 13.6. The van der Waals surface area contributed by atoms with E-state index in [0.29, 0.717) is 6.01 Å². The van der Waals surface area contributed by atoms with Crippen LogP contribution in [0.5, 0.6) is 6.01 Å². The van der Waals surface area contributed by atoms with Crippen LogP contribution < -0.4 is 10.5 Å². The molecule has 0 radical (unpaired) electrons. The molecule has 0 aliphatic heterocycles. The van der Waals surface area contributed by atoms with E-state index in [4.69, 9.17) is 10.5 Å². The molecule has 5 nitrogen and oxygen atoms in total. The summed E-state index contributed by atoms with van der Waals surface area (Å²) >= 11 is 1.62.